The lowest BCUT2D eigenvalue weighted by Gasteiger charge is -2.19. The first kappa shape index (κ1) is 10.0. The Bertz CT molecular complexity index is 237. The van der Waals surface area contributed by atoms with E-state index < -0.39 is 11.7 Å². The van der Waals surface area contributed by atoms with Gasteiger partial charge in [-0.25, -0.2) is 4.79 Å². The molecule has 0 aromatic heterocycles. The third kappa shape index (κ3) is 2.20. The molecule has 1 unspecified atom stereocenters. The first-order valence-electron chi connectivity index (χ1n) is 4.48. The van der Waals surface area contributed by atoms with E-state index in [1.807, 2.05) is 0 Å². The quantitative estimate of drug-likeness (QED) is 0.724. The molecule has 4 heteroatoms. The molecular formula is C9H15NO3. The molecule has 0 spiro atoms. The van der Waals surface area contributed by atoms with E-state index in [4.69, 9.17) is 4.74 Å². The molecule has 1 fully saturated rings. The number of carbonyl (C=O) groups excluding carboxylic acids is 2. The molecule has 1 saturated heterocycles. The topological polar surface area (TPSA) is 55.4 Å². The van der Waals surface area contributed by atoms with Crippen LogP contribution in [-0.2, 0) is 9.53 Å². The number of cyclic esters (lactones) is 1. The van der Waals surface area contributed by atoms with Crippen molar-refractivity contribution in [2.75, 3.05) is 0 Å². The summed E-state index contributed by atoms with van der Waals surface area (Å²) in [5.74, 6) is 0.182. The van der Waals surface area contributed by atoms with Gasteiger partial charge >= 0.3 is 6.09 Å². The van der Waals surface area contributed by atoms with E-state index in [1.165, 1.54) is 0 Å². The maximum Gasteiger partial charge on any atom is 0.415 e. The van der Waals surface area contributed by atoms with Crippen LogP contribution in [-0.4, -0.2) is 17.6 Å². The maximum atomic E-state index is 11.3. The van der Waals surface area contributed by atoms with Gasteiger partial charge in [0.25, 0.3) is 5.91 Å². The van der Waals surface area contributed by atoms with Gasteiger partial charge in [0, 0.05) is 0 Å². The van der Waals surface area contributed by atoms with Crippen molar-refractivity contribution in [3.05, 3.63) is 0 Å². The molecule has 0 aliphatic carbocycles. The summed E-state index contributed by atoms with van der Waals surface area (Å²) in [5, 5.41) is 2.13. The summed E-state index contributed by atoms with van der Waals surface area (Å²) in [5.41, 5.74) is -0.943. The molecule has 0 radical (unpaired) electrons. The molecular weight excluding hydrogens is 170 g/mol. The van der Waals surface area contributed by atoms with Gasteiger partial charge in [-0.05, 0) is 25.7 Å². The fraction of sp³-hybridized carbons (Fsp3) is 0.778. The van der Waals surface area contributed by atoms with Gasteiger partial charge in [0.05, 0.1) is 0 Å². The Hall–Kier alpha value is -1.06. The molecule has 1 rings (SSSR count). The van der Waals surface area contributed by atoms with Crippen LogP contribution in [0.1, 0.15) is 33.6 Å². The summed E-state index contributed by atoms with van der Waals surface area (Å²) in [6.45, 7) is 5.78. The minimum Gasteiger partial charge on any atom is -0.433 e. The molecule has 0 aromatic carbocycles. The van der Waals surface area contributed by atoms with E-state index in [2.05, 4.69) is 19.2 Å². The van der Waals surface area contributed by atoms with Crippen molar-refractivity contribution < 1.29 is 14.3 Å². The summed E-state index contributed by atoms with van der Waals surface area (Å²) >= 11 is 0. The van der Waals surface area contributed by atoms with Crippen LogP contribution in [0.4, 0.5) is 4.79 Å². The highest BCUT2D eigenvalue weighted by Gasteiger charge is 2.44. The monoisotopic (exact) mass is 185 g/mol. The Kier molecular flexibility index (Phi) is 2.59. The smallest absolute Gasteiger partial charge is 0.415 e. The van der Waals surface area contributed by atoms with Crippen molar-refractivity contribution in [3.63, 3.8) is 0 Å². The van der Waals surface area contributed by atoms with E-state index in [9.17, 15) is 9.59 Å². The molecule has 1 N–H and O–H groups in total. The third-order valence-corrected chi connectivity index (χ3v) is 2.21. The van der Waals surface area contributed by atoms with Crippen LogP contribution >= 0.6 is 0 Å². The number of amides is 2. The average Bonchev–Trinajstić information content (AvgIpc) is 2.23. The lowest BCUT2D eigenvalue weighted by Crippen LogP contribution is -2.36. The van der Waals surface area contributed by atoms with Gasteiger partial charge in [-0.2, -0.15) is 0 Å². The number of alkyl carbamates (subject to hydrolysis) is 1. The number of carbonyl (C=O) groups is 2. The first-order chi connectivity index (χ1) is 5.94. The highest BCUT2D eigenvalue weighted by molar-refractivity contribution is 6.02. The van der Waals surface area contributed by atoms with Crippen LogP contribution in [0.15, 0.2) is 0 Å². The van der Waals surface area contributed by atoms with E-state index in [0.717, 1.165) is 6.42 Å². The molecule has 0 aromatic rings. The Balaban J connectivity index is 2.55. The minimum atomic E-state index is -0.943. The number of hydrogen-bond donors (Lipinski definition) is 1. The van der Waals surface area contributed by atoms with Gasteiger partial charge in [0.2, 0.25) is 0 Å². The van der Waals surface area contributed by atoms with Crippen LogP contribution < -0.4 is 5.32 Å². The van der Waals surface area contributed by atoms with E-state index in [0.29, 0.717) is 12.3 Å². The minimum absolute atomic E-state index is 0.321. The molecule has 1 aliphatic rings. The van der Waals surface area contributed by atoms with Crippen molar-refractivity contribution in [2.24, 2.45) is 5.92 Å². The summed E-state index contributed by atoms with van der Waals surface area (Å²) in [6.07, 6.45) is 0.829. The maximum absolute atomic E-state index is 11.3. The van der Waals surface area contributed by atoms with Crippen LogP contribution in [0.5, 0.6) is 0 Å². The predicted molar refractivity (Wildman–Crippen MR) is 47.1 cm³/mol. The summed E-state index contributed by atoms with van der Waals surface area (Å²) in [7, 11) is 0. The van der Waals surface area contributed by atoms with Crippen molar-refractivity contribution in [1.29, 1.82) is 0 Å². The SMILES string of the molecule is CC(C)CCC1(C)OC(=O)NC1=O. The van der Waals surface area contributed by atoms with E-state index in [-0.39, 0.29) is 5.91 Å². The Morgan fingerprint density at radius 2 is 2.08 bits per heavy atom. The highest BCUT2D eigenvalue weighted by atomic mass is 16.6. The Morgan fingerprint density at radius 3 is 2.46 bits per heavy atom. The first-order valence-corrected chi connectivity index (χ1v) is 4.48. The zero-order valence-electron chi connectivity index (χ0n) is 8.22. The second kappa shape index (κ2) is 3.36. The lowest BCUT2D eigenvalue weighted by atomic mass is 9.95. The van der Waals surface area contributed by atoms with Gasteiger partial charge in [-0.15, -0.1) is 0 Å². The second-order valence-corrected chi connectivity index (χ2v) is 4.01. The van der Waals surface area contributed by atoms with Crippen molar-refractivity contribution in [1.82, 2.24) is 5.32 Å². The van der Waals surface area contributed by atoms with Gasteiger partial charge in [-0.1, -0.05) is 13.8 Å². The largest absolute Gasteiger partial charge is 0.433 e. The van der Waals surface area contributed by atoms with Gasteiger partial charge in [0.15, 0.2) is 5.60 Å². The average molecular weight is 185 g/mol. The summed E-state index contributed by atoms with van der Waals surface area (Å²) in [4.78, 5) is 22.0. The molecule has 13 heavy (non-hydrogen) atoms. The fourth-order valence-electron chi connectivity index (χ4n) is 1.23. The van der Waals surface area contributed by atoms with Crippen LogP contribution in [0.25, 0.3) is 0 Å². The molecule has 1 heterocycles. The Morgan fingerprint density at radius 1 is 1.46 bits per heavy atom. The Labute approximate surface area is 77.6 Å². The van der Waals surface area contributed by atoms with Crippen molar-refractivity contribution >= 4 is 12.0 Å². The molecule has 1 atom stereocenters. The fourth-order valence-corrected chi connectivity index (χ4v) is 1.23. The number of rotatable bonds is 3. The van der Waals surface area contributed by atoms with Crippen LogP contribution in [0.2, 0.25) is 0 Å². The number of ether oxygens (including phenoxy) is 1. The van der Waals surface area contributed by atoms with E-state index >= 15 is 0 Å². The molecule has 4 nitrogen and oxygen atoms in total. The third-order valence-electron chi connectivity index (χ3n) is 2.21. The lowest BCUT2D eigenvalue weighted by molar-refractivity contribution is -0.130. The summed E-state index contributed by atoms with van der Waals surface area (Å²) < 4.78 is 4.91. The predicted octanol–water partition coefficient (Wildman–Crippen LogP) is 1.45. The highest BCUT2D eigenvalue weighted by Crippen LogP contribution is 2.24. The molecule has 1 aliphatic heterocycles. The normalized spacial score (nSPS) is 27.7. The second-order valence-electron chi connectivity index (χ2n) is 4.01. The standard InChI is InChI=1S/C9H15NO3/c1-6(2)4-5-9(3)7(11)10-8(12)13-9/h6H,4-5H2,1-3H3,(H,10,11,12). The van der Waals surface area contributed by atoms with Crippen molar-refractivity contribution in [3.8, 4) is 0 Å². The van der Waals surface area contributed by atoms with Gasteiger partial charge in [-0.3, -0.25) is 10.1 Å². The van der Waals surface area contributed by atoms with E-state index in [1.54, 1.807) is 6.92 Å². The summed E-state index contributed by atoms with van der Waals surface area (Å²) in [6, 6.07) is 0. The van der Waals surface area contributed by atoms with Crippen molar-refractivity contribution in [2.45, 2.75) is 39.2 Å². The zero-order chi connectivity index (χ0) is 10.1. The number of nitrogens with one attached hydrogen (secondary N) is 1. The molecule has 0 saturated carbocycles. The zero-order valence-corrected chi connectivity index (χ0v) is 8.22. The van der Waals surface area contributed by atoms with Gasteiger partial charge in [0.1, 0.15) is 0 Å². The molecule has 0 bridgehead atoms. The van der Waals surface area contributed by atoms with Gasteiger partial charge < -0.3 is 4.74 Å². The number of hydrogen-bond acceptors (Lipinski definition) is 3. The molecule has 2 amide bonds. The van der Waals surface area contributed by atoms with Crippen LogP contribution in [0, 0.1) is 5.92 Å². The molecule has 74 valence electrons. The number of imide groups is 1. The van der Waals surface area contributed by atoms with Crippen LogP contribution in [0.3, 0.4) is 0 Å².